The highest BCUT2D eigenvalue weighted by molar-refractivity contribution is 7.89. The monoisotopic (exact) mass is 410 g/mol. The summed E-state index contributed by atoms with van der Waals surface area (Å²) in [6.07, 6.45) is 4.45. The Bertz CT molecular complexity index is 840. The molecule has 3 aliphatic rings. The summed E-state index contributed by atoms with van der Waals surface area (Å²) in [6.45, 7) is 3.63. The lowest BCUT2D eigenvalue weighted by atomic mass is 10.2. The zero-order chi connectivity index (χ0) is 19.7. The fraction of sp³-hybridized carbons (Fsp3) is 0.667. The molecule has 0 saturated carbocycles. The standard InChI is InChI=1S/C18H26N4O5S/c23-17(20-5-1-2-6-20)15-12-14(13-19-15)28(25,26)22-7-3-4-16(22)18(24)21-8-10-27-11-9-21/h12-13,16,19H,1-11H2. The van der Waals surface area contributed by atoms with Crippen molar-refractivity contribution in [2.75, 3.05) is 45.9 Å². The fourth-order valence-electron chi connectivity index (χ4n) is 4.14. The van der Waals surface area contributed by atoms with Crippen LogP contribution in [0.5, 0.6) is 0 Å². The van der Waals surface area contributed by atoms with Gasteiger partial charge in [-0.3, -0.25) is 9.59 Å². The molecule has 10 heteroatoms. The van der Waals surface area contributed by atoms with Gasteiger partial charge in [0.25, 0.3) is 5.91 Å². The van der Waals surface area contributed by atoms with E-state index in [9.17, 15) is 18.0 Å². The van der Waals surface area contributed by atoms with Crippen LogP contribution in [0.2, 0.25) is 0 Å². The average molecular weight is 410 g/mol. The maximum Gasteiger partial charge on any atom is 0.270 e. The minimum Gasteiger partial charge on any atom is -0.378 e. The Morgan fingerprint density at radius 2 is 1.71 bits per heavy atom. The Balaban J connectivity index is 1.52. The largest absolute Gasteiger partial charge is 0.378 e. The van der Waals surface area contributed by atoms with E-state index in [0.29, 0.717) is 58.8 Å². The highest BCUT2D eigenvalue weighted by Crippen LogP contribution is 2.28. The number of aromatic nitrogens is 1. The summed E-state index contributed by atoms with van der Waals surface area (Å²) < 4.78 is 32.9. The van der Waals surface area contributed by atoms with Crippen molar-refractivity contribution in [1.82, 2.24) is 19.1 Å². The van der Waals surface area contributed by atoms with E-state index in [1.165, 1.54) is 16.6 Å². The van der Waals surface area contributed by atoms with E-state index in [1.807, 2.05) is 0 Å². The smallest absolute Gasteiger partial charge is 0.270 e. The Morgan fingerprint density at radius 3 is 2.43 bits per heavy atom. The van der Waals surface area contributed by atoms with Crippen LogP contribution in [-0.4, -0.2) is 91.3 Å². The lowest BCUT2D eigenvalue weighted by Crippen LogP contribution is -2.50. The normalized spacial score (nSPS) is 24.1. The third kappa shape index (κ3) is 3.56. The molecule has 1 aromatic rings. The van der Waals surface area contributed by atoms with Crippen molar-refractivity contribution in [3.8, 4) is 0 Å². The van der Waals surface area contributed by atoms with Crippen molar-refractivity contribution in [3.63, 3.8) is 0 Å². The highest BCUT2D eigenvalue weighted by Gasteiger charge is 2.42. The molecule has 4 rings (SSSR count). The number of amides is 2. The van der Waals surface area contributed by atoms with Gasteiger partial charge in [0.15, 0.2) is 0 Å². The number of hydrogen-bond donors (Lipinski definition) is 1. The summed E-state index contributed by atoms with van der Waals surface area (Å²) in [6, 6.07) is 0.709. The number of sulfonamides is 1. The molecule has 0 radical (unpaired) electrons. The van der Waals surface area contributed by atoms with E-state index in [0.717, 1.165) is 12.8 Å². The fourth-order valence-corrected chi connectivity index (χ4v) is 5.79. The van der Waals surface area contributed by atoms with Crippen LogP contribution in [-0.2, 0) is 19.6 Å². The van der Waals surface area contributed by atoms with Gasteiger partial charge >= 0.3 is 0 Å². The molecule has 0 bridgehead atoms. The number of morpholine rings is 1. The lowest BCUT2D eigenvalue weighted by Gasteiger charge is -2.32. The van der Waals surface area contributed by atoms with E-state index >= 15 is 0 Å². The second-order valence-corrected chi connectivity index (χ2v) is 9.35. The first-order chi connectivity index (χ1) is 13.5. The molecular weight excluding hydrogens is 384 g/mol. The van der Waals surface area contributed by atoms with Gasteiger partial charge in [-0.2, -0.15) is 4.31 Å². The van der Waals surface area contributed by atoms with Crippen LogP contribution in [0, 0.1) is 0 Å². The maximum atomic E-state index is 13.2. The van der Waals surface area contributed by atoms with Crippen LogP contribution in [0.1, 0.15) is 36.2 Å². The molecule has 1 atom stereocenters. The highest BCUT2D eigenvalue weighted by atomic mass is 32.2. The predicted octanol–water partition coefficient (Wildman–Crippen LogP) is 0.263. The predicted molar refractivity (Wildman–Crippen MR) is 100 cm³/mol. The van der Waals surface area contributed by atoms with Gasteiger partial charge < -0.3 is 19.5 Å². The first-order valence-corrected chi connectivity index (χ1v) is 11.3. The molecule has 154 valence electrons. The molecular formula is C18H26N4O5S. The van der Waals surface area contributed by atoms with E-state index in [2.05, 4.69) is 4.98 Å². The minimum atomic E-state index is -3.86. The Hall–Kier alpha value is -1.91. The number of likely N-dealkylation sites (tertiary alicyclic amines) is 1. The van der Waals surface area contributed by atoms with Gasteiger partial charge in [0, 0.05) is 38.9 Å². The molecule has 9 nitrogen and oxygen atoms in total. The lowest BCUT2D eigenvalue weighted by molar-refractivity contribution is -0.138. The number of ether oxygens (including phenoxy) is 1. The average Bonchev–Trinajstić information content (AvgIpc) is 3.49. The third-order valence-electron chi connectivity index (χ3n) is 5.70. The van der Waals surface area contributed by atoms with Crippen LogP contribution >= 0.6 is 0 Å². The third-order valence-corrected chi connectivity index (χ3v) is 7.58. The molecule has 1 aromatic heterocycles. The number of H-pyrrole nitrogens is 1. The summed E-state index contributed by atoms with van der Waals surface area (Å²) in [4.78, 5) is 31.6. The van der Waals surface area contributed by atoms with Crippen molar-refractivity contribution >= 4 is 21.8 Å². The van der Waals surface area contributed by atoms with Crippen molar-refractivity contribution < 1.29 is 22.7 Å². The van der Waals surface area contributed by atoms with Crippen molar-refractivity contribution in [2.45, 2.75) is 36.6 Å². The van der Waals surface area contributed by atoms with Crippen LogP contribution in [0.3, 0.4) is 0 Å². The van der Waals surface area contributed by atoms with E-state index in [4.69, 9.17) is 4.74 Å². The number of hydrogen-bond acceptors (Lipinski definition) is 5. The molecule has 4 heterocycles. The van der Waals surface area contributed by atoms with Crippen molar-refractivity contribution in [1.29, 1.82) is 0 Å². The molecule has 2 amide bonds. The maximum absolute atomic E-state index is 13.2. The van der Waals surface area contributed by atoms with Crippen LogP contribution in [0.15, 0.2) is 17.2 Å². The zero-order valence-corrected chi connectivity index (χ0v) is 16.6. The van der Waals surface area contributed by atoms with Crippen molar-refractivity contribution in [2.24, 2.45) is 0 Å². The first kappa shape index (κ1) is 19.4. The van der Waals surface area contributed by atoms with Gasteiger partial charge in [0.1, 0.15) is 16.6 Å². The molecule has 0 spiro atoms. The molecule has 28 heavy (non-hydrogen) atoms. The van der Waals surface area contributed by atoms with Gasteiger partial charge in [-0.05, 0) is 31.7 Å². The molecule has 1 N–H and O–H groups in total. The number of aromatic amines is 1. The molecule has 3 aliphatic heterocycles. The van der Waals surface area contributed by atoms with Crippen LogP contribution in [0.25, 0.3) is 0 Å². The summed E-state index contributed by atoms with van der Waals surface area (Å²) >= 11 is 0. The number of nitrogens with one attached hydrogen (secondary N) is 1. The molecule has 1 unspecified atom stereocenters. The molecule has 3 fully saturated rings. The summed E-state index contributed by atoms with van der Waals surface area (Å²) in [5, 5.41) is 0. The van der Waals surface area contributed by atoms with Gasteiger partial charge in [0.05, 0.1) is 13.2 Å². The molecule has 0 aromatic carbocycles. The minimum absolute atomic E-state index is 0.0386. The van der Waals surface area contributed by atoms with E-state index in [1.54, 1.807) is 9.80 Å². The van der Waals surface area contributed by atoms with Gasteiger partial charge in [-0.15, -0.1) is 0 Å². The Morgan fingerprint density at radius 1 is 1.00 bits per heavy atom. The van der Waals surface area contributed by atoms with E-state index in [-0.39, 0.29) is 22.4 Å². The van der Waals surface area contributed by atoms with Gasteiger partial charge in [-0.25, -0.2) is 8.42 Å². The summed E-state index contributed by atoms with van der Waals surface area (Å²) in [7, 11) is -3.86. The van der Waals surface area contributed by atoms with Crippen LogP contribution < -0.4 is 0 Å². The van der Waals surface area contributed by atoms with E-state index < -0.39 is 16.1 Å². The summed E-state index contributed by atoms with van der Waals surface area (Å²) in [5.74, 6) is -0.338. The molecule has 0 aliphatic carbocycles. The number of nitrogens with zero attached hydrogens (tertiary/aromatic N) is 3. The Labute approximate surface area is 164 Å². The van der Waals surface area contributed by atoms with Crippen molar-refractivity contribution in [3.05, 3.63) is 18.0 Å². The quantitative estimate of drug-likeness (QED) is 0.767. The summed E-state index contributed by atoms with van der Waals surface area (Å²) in [5.41, 5.74) is 0.274. The number of rotatable bonds is 4. The Kier molecular flexibility index (Phi) is 5.44. The number of carbonyl (C=O) groups is 2. The zero-order valence-electron chi connectivity index (χ0n) is 15.8. The first-order valence-electron chi connectivity index (χ1n) is 9.84. The molecule has 3 saturated heterocycles. The number of carbonyl (C=O) groups excluding carboxylic acids is 2. The van der Waals surface area contributed by atoms with Crippen LogP contribution in [0.4, 0.5) is 0 Å². The second-order valence-electron chi connectivity index (χ2n) is 7.46. The van der Waals surface area contributed by atoms with Gasteiger partial charge in [-0.1, -0.05) is 0 Å². The van der Waals surface area contributed by atoms with Gasteiger partial charge in [0.2, 0.25) is 15.9 Å². The topological polar surface area (TPSA) is 103 Å². The second kappa shape index (κ2) is 7.84. The SMILES string of the molecule is O=C(c1cc(S(=O)(=O)N2CCCC2C(=O)N2CCOCC2)c[nH]1)N1CCCC1.